The largest absolute Gasteiger partial charge is 0.477 e. The van der Waals surface area contributed by atoms with Crippen molar-refractivity contribution in [3.8, 4) is 0 Å². The van der Waals surface area contributed by atoms with Gasteiger partial charge in [-0.2, -0.15) is 0 Å². The molecule has 7 heteroatoms. The predicted molar refractivity (Wildman–Crippen MR) is 118 cm³/mol. The van der Waals surface area contributed by atoms with Gasteiger partial charge in [0.05, 0.1) is 17.7 Å². The van der Waals surface area contributed by atoms with Crippen molar-refractivity contribution in [1.29, 1.82) is 0 Å². The van der Waals surface area contributed by atoms with Gasteiger partial charge in [-0.15, -0.1) is 11.8 Å². The lowest BCUT2D eigenvalue weighted by Gasteiger charge is -2.43. The molecule has 0 aliphatic carbocycles. The van der Waals surface area contributed by atoms with E-state index in [0.29, 0.717) is 12.3 Å². The Labute approximate surface area is 179 Å². The van der Waals surface area contributed by atoms with Gasteiger partial charge in [-0.05, 0) is 24.3 Å². The highest BCUT2D eigenvalue weighted by Crippen LogP contribution is 2.50. The van der Waals surface area contributed by atoms with Crippen LogP contribution in [0.5, 0.6) is 0 Å². The second-order valence-corrected chi connectivity index (χ2v) is 8.33. The van der Waals surface area contributed by atoms with Gasteiger partial charge in [-0.25, -0.2) is 4.79 Å². The summed E-state index contributed by atoms with van der Waals surface area (Å²) in [5.74, 6) is -0.935. The van der Waals surface area contributed by atoms with Gasteiger partial charge in [0.2, 0.25) is 5.91 Å². The fraction of sp³-hybridized carbons (Fsp3) is 0.261. The first-order chi connectivity index (χ1) is 14.6. The summed E-state index contributed by atoms with van der Waals surface area (Å²) in [6.07, 6.45) is 5.57. The van der Waals surface area contributed by atoms with Gasteiger partial charge in [0.15, 0.2) is 0 Å². The molecular weight excluding hydrogens is 398 g/mol. The third-order valence-corrected chi connectivity index (χ3v) is 6.75. The van der Waals surface area contributed by atoms with E-state index in [2.05, 4.69) is 10.3 Å². The first-order valence-corrected chi connectivity index (χ1v) is 10.9. The molecule has 1 saturated heterocycles. The molecule has 2 aromatic rings. The number of β-lactam (4-membered cyclic amide) rings is 1. The molecule has 0 radical (unpaired) electrons. The zero-order valence-corrected chi connectivity index (χ0v) is 17.4. The summed E-state index contributed by atoms with van der Waals surface area (Å²) in [7, 11) is 0. The second-order valence-electron chi connectivity index (χ2n) is 7.32. The molecule has 2 aliphatic rings. The summed E-state index contributed by atoms with van der Waals surface area (Å²) < 4.78 is 0. The van der Waals surface area contributed by atoms with Crippen LogP contribution >= 0.6 is 11.8 Å². The number of hydrogen-bond donors (Lipinski definition) is 2. The number of carboxylic acids is 1. The van der Waals surface area contributed by atoms with Crippen LogP contribution in [0, 0.1) is 11.8 Å². The third-order valence-electron chi connectivity index (χ3n) is 5.43. The standard InChI is InChI=1S/C23H23N3O3S/c1-15-19-18(11-7-13-24-16-8-3-2-4-9-16)22(27)26(19)20(23(28)29)21(15)30-14-17-10-5-6-12-25-17/h2-12,15,18-19,24H,13-14H2,1H3,(H,28,29)/b11-7+/t15-,18-,19-/m1/s1. The van der Waals surface area contributed by atoms with Crippen molar-refractivity contribution >= 4 is 29.3 Å². The van der Waals surface area contributed by atoms with E-state index in [1.54, 1.807) is 6.20 Å². The number of anilines is 1. The van der Waals surface area contributed by atoms with Gasteiger partial charge in [0.1, 0.15) is 5.70 Å². The number of carboxylic acid groups (broad SMARTS) is 1. The molecule has 0 spiro atoms. The van der Waals surface area contributed by atoms with E-state index in [0.717, 1.165) is 16.3 Å². The van der Waals surface area contributed by atoms with E-state index in [1.807, 2.05) is 67.6 Å². The Morgan fingerprint density at radius 2 is 2.00 bits per heavy atom. The van der Waals surface area contributed by atoms with E-state index >= 15 is 0 Å². The number of pyridine rings is 1. The highest BCUT2D eigenvalue weighted by molar-refractivity contribution is 8.02. The summed E-state index contributed by atoms with van der Waals surface area (Å²) in [5.41, 5.74) is 2.03. The number of hydrogen-bond acceptors (Lipinski definition) is 5. The van der Waals surface area contributed by atoms with Crippen molar-refractivity contribution in [2.75, 3.05) is 11.9 Å². The normalized spacial score (nSPS) is 22.9. The SMILES string of the molecule is C[C@H]1C(SCc2ccccn2)=C(C(=O)O)N2C(=O)[C@H](/C=C/CNc3ccccc3)[C@@H]12. The molecule has 3 heterocycles. The molecule has 4 rings (SSSR count). The highest BCUT2D eigenvalue weighted by atomic mass is 32.2. The first-order valence-electron chi connectivity index (χ1n) is 9.86. The van der Waals surface area contributed by atoms with E-state index in [-0.39, 0.29) is 29.5 Å². The summed E-state index contributed by atoms with van der Waals surface area (Å²) in [5, 5.41) is 13.0. The second kappa shape index (κ2) is 8.75. The lowest BCUT2D eigenvalue weighted by atomic mass is 9.82. The molecule has 1 aromatic heterocycles. The number of nitrogens with one attached hydrogen (secondary N) is 1. The number of carbonyl (C=O) groups is 2. The van der Waals surface area contributed by atoms with E-state index < -0.39 is 5.97 Å². The smallest absolute Gasteiger partial charge is 0.353 e. The Kier molecular flexibility index (Phi) is 5.90. The average molecular weight is 422 g/mol. The van der Waals surface area contributed by atoms with Gasteiger partial charge in [0, 0.05) is 35.0 Å². The number of fused-ring (bicyclic) bond motifs is 1. The van der Waals surface area contributed by atoms with Crippen LogP contribution in [0.25, 0.3) is 0 Å². The van der Waals surface area contributed by atoms with E-state index in [9.17, 15) is 14.7 Å². The molecule has 0 saturated carbocycles. The van der Waals surface area contributed by atoms with Crippen molar-refractivity contribution in [1.82, 2.24) is 9.88 Å². The first kappa shape index (κ1) is 20.2. The molecule has 0 unspecified atom stereocenters. The maximum absolute atomic E-state index is 12.7. The van der Waals surface area contributed by atoms with E-state index in [4.69, 9.17) is 0 Å². The molecule has 0 bridgehead atoms. The number of aromatic nitrogens is 1. The van der Waals surface area contributed by atoms with Crippen LogP contribution in [-0.4, -0.2) is 39.5 Å². The molecule has 2 N–H and O–H groups in total. The third kappa shape index (κ3) is 3.85. The Bertz CT molecular complexity index is 991. The van der Waals surface area contributed by atoms with Gasteiger partial charge in [-0.3, -0.25) is 14.7 Å². The lowest BCUT2D eigenvalue weighted by Crippen LogP contribution is -2.59. The summed E-state index contributed by atoms with van der Waals surface area (Å²) in [4.78, 5) is 31.2. The number of amides is 1. The Morgan fingerprint density at radius 1 is 1.23 bits per heavy atom. The van der Waals surface area contributed by atoms with Crippen LogP contribution in [0.2, 0.25) is 0 Å². The van der Waals surface area contributed by atoms with Gasteiger partial charge in [-0.1, -0.05) is 43.3 Å². The van der Waals surface area contributed by atoms with Crippen LogP contribution in [0.3, 0.4) is 0 Å². The van der Waals surface area contributed by atoms with Crippen molar-refractivity contribution in [2.24, 2.45) is 11.8 Å². The average Bonchev–Trinajstić information content (AvgIpc) is 3.02. The molecule has 154 valence electrons. The molecular formula is C23H23N3O3S. The number of aliphatic carboxylic acids is 1. The fourth-order valence-electron chi connectivity index (χ4n) is 4.00. The molecule has 1 fully saturated rings. The number of para-hydroxylation sites is 1. The maximum atomic E-state index is 12.7. The van der Waals surface area contributed by atoms with Gasteiger partial charge < -0.3 is 10.4 Å². The van der Waals surface area contributed by atoms with Gasteiger partial charge in [0.25, 0.3) is 0 Å². The molecule has 1 amide bonds. The minimum atomic E-state index is -1.05. The molecule has 30 heavy (non-hydrogen) atoms. The van der Waals surface area contributed by atoms with Crippen LogP contribution in [0.4, 0.5) is 5.69 Å². The fourth-order valence-corrected chi connectivity index (χ4v) is 5.20. The predicted octanol–water partition coefficient (Wildman–Crippen LogP) is 3.76. The van der Waals surface area contributed by atoms with E-state index in [1.165, 1.54) is 16.7 Å². The number of nitrogens with zero attached hydrogens (tertiary/aromatic N) is 2. The molecule has 1 aromatic carbocycles. The minimum absolute atomic E-state index is 0.0285. The maximum Gasteiger partial charge on any atom is 0.353 e. The Balaban J connectivity index is 1.43. The Morgan fingerprint density at radius 3 is 2.70 bits per heavy atom. The zero-order valence-electron chi connectivity index (χ0n) is 16.6. The zero-order chi connectivity index (χ0) is 21.1. The van der Waals surface area contributed by atoms with Crippen LogP contribution in [-0.2, 0) is 15.3 Å². The number of thioether (sulfide) groups is 1. The topological polar surface area (TPSA) is 82.5 Å². The van der Waals surface area contributed by atoms with Crippen LogP contribution in [0.15, 0.2) is 77.5 Å². The highest BCUT2D eigenvalue weighted by Gasteiger charge is 2.57. The number of rotatable bonds is 8. The Hall–Kier alpha value is -3.06. The number of carbonyl (C=O) groups excluding carboxylic acids is 1. The lowest BCUT2D eigenvalue weighted by molar-refractivity contribution is -0.153. The number of benzene rings is 1. The van der Waals surface area contributed by atoms with Crippen LogP contribution < -0.4 is 5.32 Å². The summed E-state index contributed by atoms with van der Waals surface area (Å²) >= 11 is 1.46. The monoisotopic (exact) mass is 421 g/mol. The summed E-state index contributed by atoms with van der Waals surface area (Å²) in [6.45, 7) is 2.61. The quantitative estimate of drug-likeness (QED) is 0.499. The molecule has 2 aliphatic heterocycles. The summed E-state index contributed by atoms with van der Waals surface area (Å²) in [6, 6.07) is 15.4. The molecule has 6 nitrogen and oxygen atoms in total. The van der Waals surface area contributed by atoms with Crippen molar-refractivity contribution in [2.45, 2.75) is 18.7 Å². The van der Waals surface area contributed by atoms with Crippen molar-refractivity contribution in [3.05, 3.63) is 83.2 Å². The molecule has 3 atom stereocenters. The van der Waals surface area contributed by atoms with Crippen LogP contribution in [0.1, 0.15) is 12.6 Å². The minimum Gasteiger partial charge on any atom is -0.477 e. The van der Waals surface area contributed by atoms with Crippen molar-refractivity contribution in [3.63, 3.8) is 0 Å². The van der Waals surface area contributed by atoms with Gasteiger partial charge >= 0.3 is 5.97 Å². The van der Waals surface area contributed by atoms with Crippen molar-refractivity contribution < 1.29 is 14.7 Å².